The van der Waals surface area contributed by atoms with Crippen molar-refractivity contribution in [3.63, 3.8) is 0 Å². The van der Waals surface area contributed by atoms with Gasteiger partial charge in [-0.2, -0.15) is 0 Å². The molecule has 1 fully saturated rings. The fraction of sp³-hybridized carbons (Fsp3) is 0.250. The molecule has 1 saturated carbocycles. The van der Waals surface area contributed by atoms with E-state index in [4.69, 9.17) is 0 Å². The number of carbonyl (C=O) groups excluding carboxylic acids is 2. The highest BCUT2D eigenvalue weighted by Crippen LogP contribution is 2.28. The van der Waals surface area contributed by atoms with E-state index in [0.29, 0.717) is 42.4 Å². The lowest BCUT2D eigenvalue weighted by atomic mass is 9.93. The van der Waals surface area contributed by atoms with Gasteiger partial charge in [-0.25, -0.2) is 4.98 Å². The minimum atomic E-state index is -0.474. The van der Waals surface area contributed by atoms with E-state index < -0.39 is 5.91 Å². The van der Waals surface area contributed by atoms with Crippen molar-refractivity contribution < 1.29 is 9.59 Å². The molecule has 7 heteroatoms. The first kappa shape index (κ1) is 17.1. The summed E-state index contributed by atoms with van der Waals surface area (Å²) in [6.45, 7) is 0. The highest BCUT2D eigenvalue weighted by molar-refractivity contribution is 6.05. The van der Waals surface area contributed by atoms with Crippen LogP contribution < -0.4 is 10.7 Å². The van der Waals surface area contributed by atoms with Crippen LogP contribution in [-0.4, -0.2) is 26.2 Å². The lowest BCUT2D eigenvalue weighted by Gasteiger charge is -2.25. The summed E-state index contributed by atoms with van der Waals surface area (Å²) in [4.78, 5) is 45.5. The second-order valence-electron chi connectivity index (χ2n) is 6.61. The number of pyridine rings is 3. The molecule has 0 saturated heterocycles. The zero-order valence-corrected chi connectivity index (χ0v) is 14.6. The Morgan fingerprint density at radius 1 is 1.07 bits per heavy atom. The van der Waals surface area contributed by atoms with E-state index >= 15 is 0 Å². The van der Waals surface area contributed by atoms with E-state index in [9.17, 15) is 14.4 Å². The SMILES string of the molecule is O=C1CCC(n2cc(C(=O)Nc3ccncc3)c(=O)c3cccnc32)CC1. The smallest absolute Gasteiger partial charge is 0.261 e. The largest absolute Gasteiger partial charge is 0.328 e. The molecule has 0 radical (unpaired) electrons. The third-order valence-corrected chi connectivity index (χ3v) is 4.88. The predicted octanol–water partition coefficient (Wildman–Crippen LogP) is 2.73. The Morgan fingerprint density at radius 3 is 2.56 bits per heavy atom. The molecule has 1 amide bonds. The third kappa shape index (κ3) is 3.36. The van der Waals surface area contributed by atoms with Crippen LogP contribution in [0.1, 0.15) is 42.1 Å². The van der Waals surface area contributed by atoms with E-state index in [1.54, 1.807) is 49.1 Å². The molecule has 7 nitrogen and oxygen atoms in total. The first-order chi connectivity index (χ1) is 13.1. The first-order valence-corrected chi connectivity index (χ1v) is 8.86. The molecule has 3 heterocycles. The first-order valence-electron chi connectivity index (χ1n) is 8.86. The van der Waals surface area contributed by atoms with Gasteiger partial charge in [-0.15, -0.1) is 0 Å². The van der Waals surface area contributed by atoms with Crippen molar-refractivity contribution in [2.45, 2.75) is 31.7 Å². The van der Waals surface area contributed by atoms with Crippen molar-refractivity contribution in [1.82, 2.24) is 14.5 Å². The molecule has 1 aliphatic carbocycles. The number of carbonyl (C=O) groups is 2. The van der Waals surface area contributed by atoms with Gasteiger partial charge in [0.25, 0.3) is 5.91 Å². The Kier molecular flexibility index (Phi) is 4.50. The summed E-state index contributed by atoms with van der Waals surface area (Å²) in [6, 6.07) is 6.71. The summed E-state index contributed by atoms with van der Waals surface area (Å²) in [6.07, 6.45) is 8.71. The van der Waals surface area contributed by atoms with Crippen molar-refractivity contribution in [1.29, 1.82) is 0 Å². The lowest BCUT2D eigenvalue weighted by Crippen LogP contribution is -2.27. The average molecular weight is 362 g/mol. The Hall–Kier alpha value is -3.35. The molecular formula is C20H18N4O3. The molecule has 0 aliphatic heterocycles. The number of ketones is 1. The van der Waals surface area contributed by atoms with Crippen LogP contribution in [0.5, 0.6) is 0 Å². The van der Waals surface area contributed by atoms with Gasteiger partial charge in [-0.3, -0.25) is 19.4 Å². The maximum absolute atomic E-state index is 12.9. The molecule has 0 atom stereocenters. The molecule has 1 N–H and O–H groups in total. The molecule has 4 rings (SSSR count). The normalized spacial score (nSPS) is 15.0. The maximum atomic E-state index is 12.9. The van der Waals surface area contributed by atoms with E-state index in [2.05, 4.69) is 15.3 Å². The summed E-state index contributed by atoms with van der Waals surface area (Å²) in [5, 5.41) is 3.13. The maximum Gasteiger partial charge on any atom is 0.261 e. The van der Waals surface area contributed by atoms with Gasteiger partial charge in [0.15, 0.2) is 0 Å². The Bertz CT molecular complexity index is 1070. The van der Waals surface area contributed by atoms with Crippen molar-refractivity contribution in [3.8, 4) is 0 Å². The fourth-order valence-corrected chi connectivity index (χ4v) is 3.46. The van der Waals surface area contributed by atoms with Crippen LogP contribution in [0, 0.1) is 0 Å². The van der Waals surface area contributed by atoms with Crippen LogP contribution >= 0.6 is 0 Å². The van der Waals surface area contributed by atoms with Gasteiger partial charge in [0.2, 0.25) is 5.43 Å². The highest BCUT2D eigenvalue weighted by atomic mass is 16.2. The van der Waals surface area contributed by atoms with Crippen LogP contribution in [-0.2, 0) is 4.79 Å². The monoisotopic (exact) mass is 362 g/mol. The molecule has 27 heavy (non-hydrogen) atoms. The van der Waals surface area contributed by atoms with Gasteiger partial charge < -0.3 is 9.88 Å². The van der Waals surface area contributed by atoms with E-state index in [1.165, 1.54) is 0 Å². The van der Waals surface area contributed by atoms with Gasteiger partial charge in [0, 0.05) is 49.4 Å². The zero-order valence-electron chi connectivity index (χ0n) is 14.6. The van der Waals surface area contributed by atoms with Crippen molar-refractivity contribution in [2.24, 2.45) is 0 Å². The van der Waals surface area contributed by atoms with Gasteiger partial charge in [-0.1, -0.05) is 0 Å². The lowest BCUT2D eigenvalue weighted by molar-refractivity contribution is -0.120. The van der Waals surface area contributed by atoms with Crippen LogP contribution in [0.15, 0.2) is 53.8 Å². The number of hydrogen-bond acceptors (Lipinski definition) is 5. The van der Waals surface area contributed by atoms with Gasteiger partial charge in [-0.05, 0) is 37.1 Å². The summed E-state index contributed by atoms with van der Waals surface area (Å²) in [5.74, 6) is -0.224. The number of anilines is 1. The van der Waals surface area contributed by atoms with E-state index in [-0.39, 0.29) is 22.8 Å². The molecule has 0 spiro atoms. The standard InChI is InChI=1S/C20H18N4O3/c25-15-5-3-14(4-6-15)24-12-17(18(26)16-2-1-9-22-19(16)24)20(27)23-13-7-10-21-11-8-13/h1-2,7-12,14H,3-6H2,(H,21,23,27). The number of hydrogen-bond donors (Lipinski definition) is 1. The predicted molar refractivity (Wildman–Crippen MR) is 101 cm³/mol. The van der Waals surface area contributed by atoms with Crippen molar-refractivity contribution in [2.75, 3.05) is 5.32 Å². The molecule has 136 valence electrons. The summed E-state index contributed by atoms with van der Waals surface area (Å²) >= 11 is 0. The molecule has 0 bridgehead atoms. The number of fused-ring (bicyclic) bond motifs is 1. The quantitative estimate of drug-likeness (QED) is 0.773. The number of rotatable bonds is 3. The number of nitrogens with one attached hydrogen (secondary N) is 1. The number of Topliss-reactive ketones (excluding diaryl/α,β-unsaturated/α-hetero) is 1. The van der Waals surface area contributed by atoms with E-state index in [0.717, 1.165) is 0 Å². The van der Waals surface area contributed by atoms with Gasteiger partial charge >= 0.3 is 0 Å². The Balaban J connectivity index is 1.79. The number of nitrogens with zero attached hydrogens (tertiary/aromatic N) is 3. The highest BCUT2D eigenvalue weighted by Gasteiger charge is 2.24. The third-order valence-electron chi connectivity index (χ3n) is 4.88. The summed E-state index contributed by atoms with van der Waals surface area (Å²) < 4.78 is 1.88. The fourth-order valence-electron chi connectivity index (χ4n) is 3.46. The summed E-state index contributed by atoms with van der Waals surface area (Å²) in [5.41, 5.74) is 0.815. The van der Waals surface area contributed by atoms with Crippen LogP contribution in [0.3, 0.4) is 0 Å². The molecule has 1 aliphatic rings. The zero-order chi connectivity index (χ0) is 18.8. The van der Waals surface area contributed by atoms with Gasteiger partial charge in [0.05, 0.1) is 5.39 Å². The molecule has 0 unspecified atom stereocenters. The van der Waals surface area contributed by atoms with Crippen LogP contribution in [0.4, 0.5) is 5.69 Å². The molecule has 3 aromatic rings. The Labute approximate surface area is 155 Å². The summed E-state index contributed by atoms with van der Waals surface area (Å²) in [7, 11) is 0. The molecule has 0 aromatic carbocycles. The Morgan fingerprint density at radius 2 is 1.81 bits per heavy atom. The minimum absolute atomic E-state index is 0.0353. The average Bonchev–Trinajstić information content (AvgIpc) is 2.70. The number of aromatic nitrogens is 3. The second kappa shape index (κ2) is 7.11. The molecular weight excluding hydrogens is 344 g/mol. The molecule has 3 aromatic heterocycles. The van der Waals surface area contributed by atoms with Crippen LogP contribution in [0.25, 0.3) is 11.0 Å². The van der Waals surface area contributed by atoms with E-state index in [1.807, 2.05) is 4.57 Å². The van der Waals surface area contributed by atoms with Crippen LogP contribution in [0.2, 0.25) is 0 Å². The van der Waals surface area contributed by atoms with Gasteiger partial charge in [0.1, 0.15) is 17.0 Å². The topological polar surface area (TPSA) is 94.0 Å². The number of amides is 1. The second-order valence-corrected chi connectivity index (χ2v) is 6.61. The minimum Gasteiger partial charge on any atom is -0.328 e. The van der Waals surface area contributed by atoms with Crippen molar-refractivity contribution >= 4 is 28.4 Å². The van der Waals surface area contributed by atoms with Crippen molar-refractivity contribution in [3.05, 3.63) is 64.8 Å².